The van der Waals surface area contributed by atoms with Crippen molar-refractivity contribution >= 4 is 11.8 Å². The molecule has 2 N–H and O–H groups in total. The first-order valence-corrected chi connectivity index (χ1v) is 6.41. The van der Waals surface area contributed by atoms with Crippen LogP contribution in [-0.4, -0.2) is 43.2 Å². The largest absolute Gasteiger partial charge is 0.356 e. The molecule has 0 amide bonds. The predicted octanol–water partition coefficient (Wildman–Crippen LogP) is 1.11. The van der Waals surface area contributed by atoms with Gasteiger partial charge in [0.05, 0.1) is 0 Å². The lowest BCUT2D eigenvalue weighted by Crippen LogP contribution is -2.52. The summed E-state index contributed by atoms with van der Waals surface area (Å²) in [5.41, 5.74) is 6.29. The average molecular weight is 249 g/mol. The van der Waals surface area contributed by atoms with Gasteiger partial charge in [0, 0.05) is 39.4 Å². The molecule has 1 aromatic rings. The van der Waals surface area contributed by atoms with Crippen molar-refractivity contribution in [2.75, 3.05) is 37.0 Å². The van der Waals surface area contributed by atoms with Crippen LogP contribution in [-0.2, 0) is 0 Å². The Bertz CT molecular complexity index is 416. The second-order valence-electron chi connectivity index (χ2n) is 5.91. The van der Waals surface area contributed by atoms with E-state index in [2.05, 4.69) is 28.7 Å². The van der Waals surface area contributed by atoms with Gasteiger partial charge in [-0.1, -0.05) is 13.8 Å². The molecule has 1 aliphatic heterocycles. The Balaban J connectivity index is 2.19. The zero-order valence-electron chi connectivity index (χ0n) is 11.7. The van der Waals surface area contributed by atoms with Crippen LogP contribution in [0, 0.1) is 5.41 Å². The van der Waals surface area contributed by atoms with Crippen LogP contribution in [0.1, 0.15) is 20.3 Å². The molecule has 0 aliphatic carbocycles. The van der Waals surface area contributed by atoms with Crippen LogP contribution < -0.4 is 15.5 Å². The maximum Gasteiger partial charge on any atom is 0.226 e. The van der Waals surface area contributed by atoms with Crippen molar-refractivity contribution < 1.29 is 0 Å². The predicted molar refractivity (Wildman–Crippen MR) is 74.9 cm³/mol. The molecule has 5 nitrogen and oxygen atoms in total. The highest BCUT2D eigenvalue weighted by molar-refractivity contribution is 5.44. The highest BCUT2D eigenvalue weighted by Crippen LogP contribution is 2.30. The Morgan fingerprint density at radius 3 is 2.78 bits per heavy atom. The second-order valence-corrected chi connectivity index (χ2v) is 5.91. The van der Waals surface area contributed by atoms with E-state index in [0.29, 0.717) is 0 Å². The van der Waals surface area contributed by atoms with E-state index in [1.807, 2.05) is 31.3 Å². The van der Waals surface area contributed by atoms with Crippen LogP contribution in [0.25, 0.3) is 0 Å². The van der Waals surface area contributed by atoms with Gasteiger partial charge in [-0.3, -0.25) is 0 Å². The van der Waals surface area contributed by atoms with Gasteiger partial charge in [-0.25, -0.2) is 4.98 Å². The Labute approximate surface area is 109 Å². The molecule has 1 unspecified atom stereocenters. The lowest BCUT2D eigenvalue weighted by molar-refractivity contribution is 0.244. The third kappa shape index (κ3) is 2.56. The highest BCUT2D eigenvalue weighted by Gasteiger charge is 2.33. The molecule has 18 heavy (non-hydrogen) atoms. The van der Waals surface area contributed by atoms with E-state index in [-0.39, 0.29) is 11.5 Å². The number of anilines is 2. The summed E-state index contributed by atoms with van der Waals surface area (Å²) in [4.78, 5) is 13.1. The number of hydrogen-bond acceptors (Lipinski definition) is 5. The maximum atomic E-state index is 6.16. The minimum absolute atomic E-state index is 0.126. The highest BCUT2D eigenvalue weighted by atomic mass is 15.3. The van der Waals surface area contributed by atoms with Crippen molar-refractivity contribution in [1.82, 2.24) is 9.97 Å². The number of rotatable bonds is 2. The lowest BCUT2D eigenvalue weighted by Gasteiger charge is -2.43. The van der Waals surface area contributed by atoms with Crippen molar-refractivity contribution in [3.8, 4) is 0 Å². The standard InChI is InChI=1S/C13H23N5/c1-13(2)9-18(8-6-10(13)14)11-5-7-15-12(16-11)17(3)4/h5,7,10H,6,8-9,14H2,1-4H3. The van der Waals surface area contributed by atoms with Gasteiger partial charge in [0.15, 0.2) is 0 Å². The molecule has 1 aromatic heterocycles. The van der Waals surface area contributed by atoms with E-state index in [4.69, 9.17) is 5.73 Å². The third-order valence-corrected chi connectivity index (χ3v) is 3.66. The van der Waals surface area contributed by atoms with Crippen LogP contribution in [0.2, 0.25) is 0 Å². The molecule has 0 saturated carbocycles. The molecule has 1 atom stereocenters. The molecule has 1 fully saturated rings. The quantitative estimate of drug-likeness (QED) is 0.850. The van der Waals surface area contributed by atoms with Crippen LogP contribution in [0.4, 0.5) is 11.8 Å². The molecule has 2 heterocycles. The second kappa shape index (κ2) is 4.72. The van der Waals surface area contributed by atoms with Crippen molar-refractivity contribution in [2.45, 2.75) is 26.3 Å². The molecule has 100 valence electrons. The van der Waals surface area contributed by atoms with Gasteiger partial charge >= 0.3 is 0 Å². The lowest BCUT2D eigenvalue weighted by atomic mass is 9.80. The SMILES string of the molecule is CN(C)c1nccc(N2CCC(N)C(C)(C)C2)n1. The smallest absolute Gasteiger partial charge is 0.226 e. The van der Waals surface area contributed by atoms with Gasteiger partial charge in [-0.05, 0) is 17.9 Å². The molecule has 0 radical (unpaired) electrons. The maximum absolute atomic E-state index is 6.16. The minimum Gasteiger partial charge on any atom is -0.356 e. The molecular formula is C13H23N5. The van der Waals surface area contributed by atoms with Crippen LogP contribution in [0.3, 0.4) is 0 Å². The zero-order chi connectivity index (χ0) is 13.3. The Morgan fingerprint density at radius 1 is 1.44 bits per heavy atom. The first kappa shape index (κ1) is 13.1. The van der Waals surface area contributed by atoms with Gasteiger partial charge in [-0.2, -0.15) is 4.98 Å². The van der Waals surface area contributed by atoms with Crippen molar-refractivity contribution in [3.63, 3.8) is 0 Å². The van der Waals surface area contributed by atoms with Crippen molar-refractivity contribution in [2.24, 2.45) is 11.1 Å². The number of nitrogens with zero attached hydrogens (tertiary/aromatic N) is 4. The fourth-order valence-electron chi connectivity index (χ4n) is 2.30. The van der Waals surface area contributed by atoms with Gasteiger partial charge < -0.3 is 15.5 Å². The van der Waals surface area contributed by atoms with Gasteiger partial charge in [0.2, 0.25) is 5.95 Å². The summed E-state index contributed by atoms with van der Waals surface area (Å²) in [6, 6.07) is 2.24. The first-order valence-electron chi connectivity index (χ1n) is 6.41. The minimum atomic E-state index is 0.126. The fraction of sp³-hybridized carbons (Fsp3) is 0.692. The number of piperidine rings is 1. The molecule has 5 heteroatoms. The fourth-order valence-corrected chi connectivity index (χ4v) is 2.30. The van der Waals surface area contributed by atoms with Crippen LogP contribution >= 0.6 is 0 Å². The summed E-state index contributed by atoms with van der Waals surface area (Å²) >= 11 is 0. The summed E-state index contributed by atoms with van der Waals surface area (Å²) in [5.74, 6) is 1.74. The molecule has 0 bridgehead atoms. The zero-order valence-corrected chi connectivity index (χ0v) is 11.7. The summed E-state index contributed by atoms with van der Waals surface area (Å²) in [6.45, 7) is 6.35. The van der Waals surface area contributed by atoms with Crippen molar-refractivity contribution in [1.29, 1.82) is 0 Å². The first-order chi connectivity index (χ1) is 8.40. The molecule has 0 aromatic carbocycles. The monoisotopic (exact) mass is 249 g/mol. The Hall–Kier alpha value is -1.36. The molecule has 2 rings (SSSR count). The molecule has 1 saturated heterocycles. The van der Waals surface area contributed by atoms with Crippen molar-refractivity contribution in [3.05, 3.63) is 12.3 Å². The number of aromatic nitrogens is 2. The number of nitrogens with two attached hydrogens (primary N) is 1. The third-order valence-electron chi connectivity index (χ3n) is 3.66. The summed E-state index contributed by atoms with van der Waals surface area (Å²) in [5, 5.41) is 0. The van der Waals surface area contributed by atoms with E-state index in [0.717, 1.165) is 31.3 Å². The van der Waals surface area contributed by atoms with Gasteiger partial charge in [0.25, 0.3) is 0 Å². The molecular weight excluding hydrogens is 226 g/mol. The van der Waals surface area contributed by atoms with E-state index < -0.39 is 0 Å². The van der Waals surface area contributed by atoms with Crippen LogP contribution in [0.15, 0.2) is 12.3 Å². The Morgan fingerprint density at radius 2 is 2.17 bits per heavy atom. The topological polar surface area (TPSA) is 58.3 Å². The summed E-state index contributed by atoms with van der Waals surface area (Å²) in [6.07, 6.45) is 2.83. The Kier molecular flexibility index (Phi) is 3.43. The van der Waals surface area contributed by atoms with E-state index in [1.54, 1.807) is 0 Å². The van der Waals surface area contributed by atoms with E-state index in [9.17, 15) is 0 Å². The molecule has 0 spiro atoms. The normalized spacial score (nSPS) is 22.9. The van der Waals surface area contributed by atoms with Gasteiger partial charge in [0.1, 0.15) is 5.82 Å². The average Bonchev–Trinajstić information content (AvgIpc) is 2.33. The summed E-state index contributed by atoms with van der Waals surface area (Å²) in [7, 11) is 3.91. The van der Waals surface area contributed by atoms with E-state index in [1.165, 1.54) is 0 Å². The van der Waals surface area contributed by atoms with E-state index >= 15 is 0 Å². The van der Waals surface area contributed by atoms with Crippen LogP contribution in [0.5, 0.6) is 0 Å². The van der Waals surface area contributed by atoms with Gasteiger partial charge in [-0.15, -0.1) is 0 Å². The summed E-state index contributed by atoms with van der Waals surface area (Å²) < 4.78 is 0. The number of hydrogen-bond donors (Lipinski definition) is 1. The molecule has 1 aliphatic rings.